The molecule has 1 aromatic heterocycles. The molecule has 0 saturated heterocycles. The van der Waals surface area contributed by atoms with Crippen LogP contribution in [0.2, 0.25) is 0 Å². The Balaban J connectivity index is 2.18. The molecular formula is C10H18N4O. The second-order valence-electron chi connectivity index (χ2n) is 3.67. The minimum Gasteiger partial charge on any atom is -0.348 e. The predicted molar refractivity (Wildman–Crippen MR) is 58.5 cm³/mol. The van der Waals surface area contributed by atoms with Gasteiger partial charge in [0.1, 0.15) is 5.82 Å². The lowest BCUT2D eigenvalue weighted by Gasteiger charge is -2.10. The van der Waals surface area contributed by atoms with Gasteiger partial charge in [-0.05, 0) is 0 Å². The van der Waals surface area contributed by atoms with Gasteiger partial charge in [-0.2, -0.15) is 0 Å². The second kappa shape index (κ2) is 5.50. The van der Waals surface area contributed by atoms with E-state index in [4.69, 9.17) is 0 Å². The average molecular weight is 210 g/mol. The van der Waals surface area contributed by atoms with Gasteiger partial charge >= 0.3 is 0 Å². The van der Waals surface area contributed by atoms with Crippen LogP contribution in [0.15, 0.2) is 12.4 Å². The van der Waals surface area contributed by atoms with Gasteiger partial charge in [0.25, 0.3) is 0 Å². The minimum atomic E-state index is 0.0924. The van der Waals surface area contributed by atoms with E-state index in [0.717, 1.165) is 18.8 Å². The fourth-order valence-corrected chi connectivity index (χ4v) is 1.19. The number of amides is 1. The number of imidazole rings is 1. The molecule has 5 nitrogen and oxygen atoms in total. The van der Waals surface area contributed by atoms with Crippen molar-refractivity contribution < 1.29 is 4.79 Å². The summed E-state index contributed by atoms with van der Waals surface area (Å²) in [5, 5.41) is 3.09. The standard InChI is InChI=1S/C10H18N4O/c1-13(2)10(15)8-11-5-4-9-12-6-7-14(9)3/h6-7,11H,4-5,8H2,1-3H3. The number of hydrogen-bond acceptors (Lipinski definition) is 3. The third kappa shape index (κ3) is 3.71. The molecule has 1 N–H and O–H groups in total. The summed E-state index contributed by atoms with van der Waals surface area (Å²) in [7, 11) is 5.47. The van der Waals surface area contributed by atoms with Crippen molar-refractivity contribution in [3.63, 3.8) is 0 Å². The number of carbonyl (C=O) groups excluding carboxylic acids is 1. The van der Waals surface area contributed by atoms with Gasteiger partial charge in [0.2, 0.25) is 5.91 Å². The lowest BCUT2D eigenvalue weighted by molar-refractivity contribution is -0.127. The molecule has 0 aliphatic carbocycles. The SMILES string of the molecule is CN(C)C(=O)CNCCc1nccn1C. The number of hydrogen-bond donors (Lipinski definition) is 1. The largest absolute Gasteiger partial charge is 0.348 e. The number of carbonyl (C=O) groups is 1. The highest BCUT2D eigenvalue weighted by atomic mass is 16.2. The maximum absolute atomic E-state index is 11.2. The first-order chi connectivity index (χ1) is 7.11. The minimum absolute atomic E-state index is 0.0924. The fraction of sp³-hybridized carbons (Fsp3) is 0.600. The molecule has 0 aromatic carbocycles. The van der Waals surface area contributed by atoms with Crippen molar-refractivity contribution in [3.05, 3.63) is 18.2 Å². The Kier molecular flexibility index (Phi) is 4.30. The van der Waals surface area contributed by atoms with Crippen LogP contribution >= 0.6 is 0 Å². The first kappa shape index (κ1) is 11.7. The van der Waals surface area contributed by atoms with Gasteiger partial charge in [-0.25, -0.2) is 4.98 Å². The summed E-state index contributed by atoms with van der Waals surface area (Å²) in [6.07, 6.45) is 4.53. The van der Waals surface area contributed by atoms with Crippen LogP contribution in [0.25, 0.3) is 0 Å². The van der Waals surface area contributed by atoms with Gasteiger partial charge in [0.05, 0.1) is 6.54 Å². The van der Waals surface area contributed by atoms with E-state index >= 15 is 0 Å². The first-order valence-electron chi connectivity index (χ1n) is 4.98. The Labute approximate surface area is 90.1 Å². The fourth-order valence-electron chi connectivity index (χ4n) is 1.19. The molecule has 0 aliphatic heterocycles. The lowest BCUT2D eigenvalue weighted by atomic mass is 10.4. The number of nitrogens with one attached hydrogen (secondary N) is 1. The number of aryl methyl sites for hydroxylation is 1. The maximum atomic E-state index is 11.2. The van der Waals surface area contributed by atoms with E-state index in [2.05, 4.69) is 10.3 Å². The third-order valence-electron chi connectivity index (χ3n) is 2.22. The zero-order chi connectivity index (χ0) is 11.3. The molecule has 15 heavy (non-hydrogen) atoms. The van der Waals surface area contributed by atoms with E-state index in [1.807, 2.05) is 17.8 Å². The molecular weight excluding hydrogens is 192 g/mol. The topological polar surface area (TPSA) is 50.2 Å². The Hall–Kier alpha value is -1.36. The van der Waals surface area contributed by atoms with Crippen molar-refractivity contribution in [1.29, 1.82) is 0 Å². The summed E-state index contributed by atoms with van der Waals surface area (Å²) in [5.74, 6) is 1.12. The Morgan fingerprint density at radius 2 is 2.33 bits per heavy atom. The highest BCUT2D eigenvalue weighted by Crippen LogP contribution is 1.93. The molecule has 1 heterocycles. The molecule has 84 valence electrons. The van der Waals surface area contributed by atoms with Crippen molar-refractivity contribution in [2.24, 2.45) is 7.05 Å². The van der Waals surface area contributed by atoms with Crippen LogP contribution in [0, 0.1) is 0 Å². The van der Waals surface area contributed by atoms with E-state index in [1.54, 1.807) is 25.2 Å². The van der Waals surface area contributed by atoms with Gasteiger partial charge in [-0.3, -0.25) is 4.79 Å². The van der Waals surface area contributed by atoms with E-state index < -0.39 is 0 Å². The van der Waals surface area contributed by atoms with Gasteiger partial charge in [0.15, 0.2) is 0 Å². The monoisotopic (exact) mass is 210 g/mol. The van der Waals surface area contributed by atoms with E-state index in [1.165, 1.54) is 0 Å². The molecule has 1 amide bonds. The molecule has 0 saturated carbocycles. The summed E-state index contributed by atoms with van der Waals surface area (Å²) in [6.45, 7) is 1.15. The predicted octanol–water partition coefficient (Wildman–Crippen LogP) is -0.360. The number of nitrogens with zero attached hydrogens (tertiary/aromatic N) is 3. The molecule has 0 bridgehead atoms. The normalized spacial score (nSPS) is 10.3. The zero-order valence-electron chi connectivity index (χ0n) is 9.53. The molecule has 1 rings (SSSR count). The highest BCUT2D eigenvalue weighted by Gasteiger charge is 2.03. The van der Waals surface area contributed by atoms with Gasteiger partial charge in [0, 0.05) is 46.5 Å². The molecule has 1 aromatic rings. The zero-order valence-corrected chi connectivity index (χ0v) is 9.53. The quantitative estimate of drug-likeness (QED) is 0.675. The lowest BCUT2D eigenvalue weighted by Crippen LogP contribution is -2.34. The molecule has 0 atom stereocenters. The number of rotatable bonds is 5. The van der Waals surface area contributed by atoms with Gasteiger partial charge < -0.3 is 14.8 Å². The van der Waals surface area contributed by atoms with Gasteiger partial charge in [-0.15, -0.1) is 0 Å². The van der Waals surface area contributed by atoms with E-state index in [9.17, 15) is 4.79 Å². The van der Waals surface area contributed by atoms with Crippen molar-refractivity contribution in [2.45, 2.75) is 6.42 Å². The molecule has 0 aliphatic rings. The summed E-state index contributed by atoms with van der Waals surface area (Å²) >= 11 is 0. The van der Waals surface area contributed by atoms with Crippen LogP contribution in [0.1, 0.15) is 5.82 Å². The van der Waals surface area contributed by atoms with Crippen LogP contribution < -0.4 is 5.32 Å². The summed E-state index contributed by atoms with van der Waals surface area (Å²) < 4.78 is 1.98. The second-order valence-corrected chi connectivity index (χ2v) is 3.67. The van der Waals surface area contributed by atoms with Crippen LogP contribution in [-0.4, -0.2) is 47.5 Å². The Morgan fingerprint density at radius 3 is 2.87 bits per heavy atom. The summed E-state index contributed by atoms with van der Waals surface area (Å²) in [6, 6.07) is 0. The maximum Gasteiger partial charge on any atom is 0.236 e. The number of aromatic nitrogens is 2. The Morgan fingerprint density at radius 1 is 1.60 bits per heavy atom. The number of likely N-dealkylation sites (N-methyl/N-ethyl adjacent to an activating group) is 1. The van der Waals surface area contributed by atoms with Crippen LogP contribution in [0.5, 0.6) is 0 Å². The summed E-state index contributed by atoms with van der Waals surface area (Å²) in [4.78, 5) is 17.0. The molecule has 0 radical (unpaired) electrons. The highest BCUT2D eigenvalue weighted by molar-refractivity contribution is 5.77. The van der Waals surface area contributed by atoms with Crippen LogP contribution in [0.3, 0.4) is 0 Å². The summed E-state index contributed by atoms with van der Waals surface area (Å²) in [5.41, 5.74) is 0. The van der Waals surface area contributed by atoms with Crippen molar-refractivity contribution in [1.82, 2.24) is 19.8 Å². The average Bonchev–Trinajstić information content (AvgIpc) is 2.58. The van der Waals surface area contributed by atoms with Crippen molar-refractivity contribution in [2.75, 3.05) is 27.2 Å². The molecule has 0 fully saturated rings. The van der Waals surface area contributed by atoms with Crippen molar-refractivity contribution >= 4 is 5.91 Å². The first-order valence-corrected chi connectivity index (χ1v) is 4.98. The van der Waals surface area contributed by atoms with Crippen LogP contribution in [-0.2, 0) is 18.3 Å². The molecule has 5 heteroatoms. The third-order valence-corrected chi connectivity index (χ3v) is 2.22. The smallest absolute Gasteiger partial charge is 0.236 e. The van der Waals surface area contributed by atoms with Crippen molar-refractivity contribution in [3.8, 4) is 0 Å². The van der Waals surface area contributed by atoms with Crippen LogP contribution in [0.4, 0.5) is 0 Å². The molecule has 0 unspecified atom stereocenters. The van der Waals surface area contributed by atoms with Gasteiger partial charge in [-0.1, -0.05) is 0 Å². The van der Waals surface area contributed by atoms with E-state index in [0.29, 0.717) is 6.54 Å². The molecule has 0 spiro atoms. The Bertz CT molecular complexity index is 319. The van der Waals surface area contributed by atoms with E-state index in [-0.39, 0.29) is 5.91 Å².